The summed E-state index contributed by atoms with van der Waals surface area (Å²) < 4.78 is 0. The molecule has 3 nitrogen and oxygen atoms in total. The summed E-state index contributed by atoms with van der Waals surface area (Å²) in [6.07, 6.45) is 3.74. The third-order valence-corrected chi connectivity index (χ3v) is 4.06. The number of piperidine rings is 1. The highest BCUT2D eigenvalue weighted by Gasteiger charge is 2.24. The van der Waals surface area contributed by atoms with Crippen LogP contribution in [0, 0.1) is 5.92 Å². The SMILES string of the molecule is CC(C)NC(CO)CCN1CCCC(C)C1C. The molecule has 0 bridgehead atoms. The lowest BCUT2D eigenvalue weighted by molar-refractivity contribution is 0.103. The molecule has 1 aliphatic rings. The summed E-state index contributed by atoms with van der Waals surface area (Å²) in [5.74, 6) is 0.814. The van der Waals surface area contributed by atoms with Gasteiger partial charge in [-0.25, -0.2) is 0 Å². The van der Waals surface area contributed by atoms with E-state index in [1.807, 2.05) is 0 Å². The van der Waals surface area contributed by atoms with Crippen LogP contribution in [0.5, 0.6) is 0 Å². The minimum atomic E-state index is 0.246. The van der Waals surface area contributed by atoms with Gasteiger partial charge >= 0.3 is 0 Å². The molecule has 1 saturated heterocycles. The highest BCUT2D eigenvalue weighted by Crippen LogP contribution is 2.22. The molecule has 1 heterocycles. The Balaban J connectivity index is 2.32. The number of nitrogens with zero attached hydrogens (tertiary/aromatic N) is 1. The lowest BCUT2D eigenvalue weighted by Crippen LogP contribution is -2.46. The van der Waals surface area contributed by atoms with Crippen molar-refractivity contribution in [2.45, 2.75) is 65.1 Å². The first-order valence-corrected chi connectivity index (χ1v) is 7.15. The molecule has 0 amide bonds. The number of aliphatic hydroxyl groups excluding tert-OH is 1. The summed E-state index contributed by atoms with van der Waals surface area (Å²) in [6, 6.07) is 1.39. The van der Waals surface area contributed by atoms with Gasteiger partial charge in [-0.05, 0) is 45.2 Å². The average molecular weight is 242 g/mol. The second-order valence-corrected chi connectivity index (χ2v) is 5.89. The fourth-order valence-corrected chi connectivity index (χ4v) is 2.76. The molecule has 102 valence electrons. The van der Waals surface area contributed by atoms with Gasteiger partial charge in [-0.1, -0.05) is 20.8 Å². The van der Waals surface area contributed by atoms with Crippen LogP contribution in [0.4, 0.5) is 0 Å². The van der Waals surface area contributed by atoms with Crippen LogP contribution in [0.2, 0.25) is 0 Å². The van der Waals surface area contributed by atoms with Crippen molar-refractivity contribution < 1.29 is 5.11 Å². The van der Waals surface area contributed by atoms with E-state index in [4.69, 9.17) is 0 Å². The Hall–Kier alpha value is -0.120. The van der Waals surface area contributed by atoms with Crippen molar-refractivity contribution in [1.82, 2.24) is 10.2 Å². The average Bonchev–Trinajstić information content (AvgIpc) is 2.28. The van der Waals surface area contributed by atoms with Gasteiger partial charge in [0.2, 0.25) is 0 Å². The standard InChI is InChI=1S/C14H30N2O/c1-11(2)15-14(10-17)7-9-16-8-5-6-12(3)13(16)4/h11-15,17H,5-10H2,1-4H3. The van der Waals surface area contributed by atoms with Crippen LogP contribution in [0.1, 0.15) is 47.0 Å². The molecule has 1 aliphatic heterocycles. The van der Waals surface area contributed by atoms with Crippen LogP contribution >= 0.6 is 0 Å². The summed E-state index contributed by atoms with van der Waals surface area (Å²) in [4.78, 5) is 2.58. The van der Waals surface area contributed by atoms with Crippen molar-refractivity contribution in [3.8, 4) is 0 Å². The van der Waals surface area contributed by atoms with Gasteiger partial charge in [-0.15, -0.1) is 0 Å². The largest absolute Gasteiger partial charge is 0.395 e. The Morgan fingerprint density at radius 3 is 2.65 bits per heavy atom. The maximum atomic E-state index is 9.34. The molecule has 0 aromatic heterocycles. The molecule has 0 saturated carbocycles. The number of hydrogen-bond donors (Lipinski definition) is 2. The second-order valence-electron chi connectivity index (χ2n) is 5.89. The van der Waals surface area contributed by atoms with Crippen LogP contribution in [0.3, 0.4) is 0 Å². The van der Waals surface area contributed by atoms with Crippen molar-refractivity contribution in [3.05, 3.63) is 0 Å². The third-order valence-electron chi connectivity index (χ3n) is 4.06. The second kappa shape index (κ2) is 7.34. The zero-order valence-corrected chi connectivity index (χ0v) is 11.9. The number of aliphatic hydroxyl groups is 1. The predicted octanol–water partition coefficient (Wildman–Crippen LogP) is 1.86. The highest BCUT2D eigenvalue weighted by atomic mass is 16.3. The molecule has 17 heavy (non-hydrogen) atoms. The first-order valence-electron chi connectivity index (χ1n) is 7.15. The molecule has 0 aromatic carbocycles. The van der Waals surface area contributed by atoms with Gasteiger partial charge in [-0.2, -0.15) is 0 Å². The number of likely N-dealkylation sites (tertiary alicyclic amines) is 1. The van der Waals surface area contributed by atoms with E-state index in [1.165, 1.54) is 19.4 Å². The Kier molecular flexibility index (Phi) is 6.45. The molecular formula is C14H30N2O. The zero-order valence-electron chi connectivity index (χ0n) is 11.9. The van der Waals surface area contributed by atoms with Gasteiger partial charge in [0.25, 0.3) is 0 Å². The molecule has 0 radical (unpaired) electrons. The molecule has 0 spiro atoms. The van der Waals surface area contributed by atoms with E-state index in [2.05, 4.69) is 37.9 Å². The third kappa shape index (κ3) is 4.94. The molecule has 0 aromatic rings. The molecule has 1 rings (SSSR count). The van der Waals surface area contributed by atoms with Crippen LogP contribution in [0.25, 0.3) is 0 Å². The summed E-state index contributed by atoms with van der Waals surface area (Å²) in [6.45, 7) is 11.5. The topological polar surface area (TPSA) is 35.5 Å². The maximum absolute atomic E-state index is 9.34. The van der Waals surface area contributed by atoms with Gasteiger partial charge in [0, 0.05) is 18.1 Å². The molecule has 3 unspecified atom stereocenters. The fraction of sp³-hybridized carbons (Fsp3) is 1.00. The summed E-state index contributed by atoms with van der Waals surface area (Å²) >= 11 is 0. The normalized spacial score (nSPS) is 28.6. The van der Waals surface area contributed by atoms with Gasteiger partial charge in [-0.3, -0.25) is 0 Å². The summed E-state index contributed by atoms with van der Waals surface area (Å²) in [5.41, 5.74) is 0. The monoisotopic (exact) mass is 242 g/mol. The van der Waals surface area contributed by atoms with Crippen molar-refractivity contribution in [2.24, 2.45) is 5.92 Å². The van der Waals surface area contributed by atoms with E-state index in [1.54, 1.807) is 0 Å². The van der Waals surface area contributed by atoms with Crippen LogP contribution in [0.15, 0.2) is 0 Å². The van der Waals surface area contributed by atoms with Crippen LogP contribution in [-0.2, 0) is 0 Å². The van der Waals surface area contributed by atoms with E-state index in [9.17, 15) is 5.11 Å². The summed E-state index contributed by atoms with van der Waals surface area (Å²) in [7, 11) is 0. The Morgan fingerprint density at radius 2 is 2.06 bits per heavy atom. The van der Waals surface area contributed by atoms with Crippen molar-refractivity contribution in [3.63, 3.8) is 0 Å². The van der Waals surface area contributed by atoms with Gasteiger partial charge in [0.15, 0.2) is 0 Å². The number of nitrogens with one attached hydrogen (secondary N) is 1. The molecule has 1 fully saturated rings. The van der Waals surface area contributed by atoms with E-state index >= 15 is 0 Å². The van der Waals surface area contributed by atoms with Crippen molar-refractivity contribution in [1.29, 1.82) is 0 Å². The van der Waals surface area contributed by atoms with E-state index in [-0.39, 0.29) is 12.6 Å². The zero-order chi connectivity index (χ0) is 12.8. The number of rotatable bonds is 6. The minimum Gasteiger partial charge on any atom is -0.395 e. The fourth-order valence-electron chi connectivity index (χ4n) is 2.76. The minimum absolute atomic E-state index is 0.246. The first kappa shape index (κ1) is 14.9. The van der Waals surface area contributed by atoms with E-state index < -0.39 is 0 Å². The first-order chi connectivity index (χ1) is 8.04. The Morgan fingerprint density at radius 1 is 1.35 bits per heavy atom. The molecule has 0 aliphatic carbocycles. The van der Waals surface area contributed by atoms with Crippen molar-refractivity contribution in [2.75, 3.05) is 19.7 Å². The van der Waals surface area contributed by atoms with Gasteiger partial charge in [0.1, 0.15) is 0 Å². The molecule has 3 atom stereocenters. The smallest absolute Gasteiger partial charge is 0.0585 e. The molecule has 2 N–H and O–H groups in total. The van der Waals surface area contributed by atoms with E-state index in [0.29, 0.717) is 12.1 Å². The molecular weight excluding hydrogens is 212 g/mol. The van der Waals surface area contributed by atoms with Crippen LogP contribution < -0.4 is 5.32 Å². The number of hydrogen-bond acceptors (Lipinski definition) is 3. The van der Waals surface area contributed by atoms with Gasteiger partial charge in [0.05, 0.1) is 6.61 Å². The van der Waals surface area contributed by atoms with Gasteiger partial charge < -0.3 is 15.3 Å². The van der Waals surface area contributed by atoms with Crippen molar-refractivity contribution >= 4 is 0 Å². The Labute approximate surface area is 107 Å². The van der Waals surface area contributed by atoms with E-state index in [0.717, 1.165) is 18.9 Å². The highest BCUT2D eigenvalue weighted by molar-refractivity contribution is 4.80. The Bertz CT molecular complexity index is 208. The van der Waals surface area contributed by atoms with Crippen LogP contribution in [-0.4, -0.2) is 47.8 Å². The lowest BCUT2D eigenvalue weighted by Gasteiger charge is -2.38. The molecule has 3 heteroatoms. The maximum Gasteiger partial charge on any atom is 0.0585 e. The lowest BCUT2D eigenvalue weighted by atomic mass is 9.92. The summed E-state index contributed by atoms with van der Waals surface area (Å²) in [5, 5.41) is 12.8. The predicted molar refractivity (Wildman–Crippen MR) is 73.2 cm³/mol. The quantitative estimate of drug-likeness (QED) is 0.746.